The van der Waals surface area contributed by atoms with Crippen LogP contribution in [0.15, 0.2) is 61.3 Å². The van der Waals surface area contributed by atoms with E-state index in [4.69, 9.17) is 4.98 Å². The quantitative estimate of drug-likeness (QED) is 0.573. The highest BCUT2D eigenvalue weighted by Crippen LogP contribution is 2.50. The molecule has 2 atom stereocenters. The fraction of sp³-hybridized carbons (Fsp3) is 0.423. The third-order valence-electron chi connectivity index (χ3n) is 7.18. The molecule has 0 unspecified atom stereocenters. The summed E-state index contributed by atoms with van der Waals surface area (Å²) in [7, 11) is 0. The first kappa shape index (κ1) is 21.8. The van der Waals surface area contributed by atoms with E-state index in [2.05, 4.69) is 34.5 Å². The zero-order valence-corrected chi connectivity index (χ0v) is 19.2. The average Bonchev–Trinajstić information content (AvgIpc) is 3.51. The maximum atomic E-state index is 14.4. The average molecular weight is 448 g/mol. The zero-order chi connectivity index (χ0) is 23.0. The minimum atomic E-state index is -0.538. The van der Waals surface area contributed by atoms with Crippen LogP contribution in [0, 0.1) is 11.2 Å². The summed E-state index contributed by atoms with van der Waals surface area (Å²) in [6.07, 6.45) is 8.29. The topological polar surface area (TPSA) is 54.3 Å². The highest BCUT2D eigenvalue weighted by atomic mass is 19.1. The molecule has 2 fully saturated rings. The van der Waals surface area contributed by atoms with Crippen molar-refractivity contribution in [1.82, 2.24) is 24.3 Å². The molecular formula is C26H30FN5O. The van der Waals surface area contributed by atoms with Gasteiger partial charge in [-0.2, -0.15) is 0 Å². The van der Waals surface area contributed by atoms with Crippen LogP contribution in [-0.4, -0.2) is 49.9 Å². The van der Waals surface area contributed by atoms with Gasteiger partial charge in [-0.05, 0) is 38.0 Å². The van der Waals surface area contributed by atoms with Crippen LogP contribution >= 0.6 is 0 Å². The summed E-state index contributed by atoms with van der Waals surface area (Å²) in [5.74, 6) is -0.0443. The van der Waals surface area contributed by atoms with Gasteiger partial charge >= 0.3 is 0 Å². The molecule has 5 rings (SSSR count). The summed E-state index contributed by atoms with van der Waals surface area (Å²) in [6.45, 7) is 7.31. The van der Waals surface area contributed by atoms with Gasteiger partial charge in [0.2, 0.25) is 5.91 Å². The van der Waals surface area contributed by atoms with Gasteiger partial charge in [0, 0.05) is 68.8 Å². The molecule has 0 saturated carbocycles. The molecule has 1 amide bonds. The van der Waals surface area contributed by atoms with E-state index in [9.17, 15) is 9.18 Å². The Morgan fingerprint density at radius 3 is 2.76 bits per heavy atom. The Morgan fingerprint density at radius 2 is 2.03 bits per heavy atom. The van der Waals surface area contributed by atoms with Crippen molar-refractivity contribution in [3.05, 3.63) is 84.0 Å². The predicted octanol–water partition coefficient (Wildman–Crippen LogP) is 4.02. The number of imidazole rings is 1. The van der Waals surface area contributed by atoms with Crippen LogP contribution in [0.4, 0.5) is 4.39 Å². The van der Waals surface area contributed by atoms with Gasteiger partial charge in [-0.3, -0.25) is 14.7 Å². The lowest BCUT2D eigenvalue weighted by atomic mass is 9.75. The molecule has 2 aromatic heterocycles. The normalized spacial score (nSPS) is 23.3. The first-order valence-corrected chi connectivity index (χ1v) is 11.6. The van der Waals surface area contributed by atoms with Gasteiger partial charge in [0.25, 0.3) is 0 Å². The summed E-state index contributed by atoms with van der Waals surface area (Å²) in [5.41, 5.74) is 2.11. The molecule has 0 N–H and O–H groups in total. The number of aromatic nitrogens is 3. The van der Waals surface area contributed by atoms with Gasteiger partial charge in [0.05, 0.1) is 17.4 Å². The van der Waals surface area contributed by atoms with Crippen LogP contribution in [-0.2, 0) is 17.9 Å². The van der Waals surface area contributed by atoms with Gasteiger partial charge in [-0.15, -0.1) is 0 Å². The Hall–Kier alpha value is -3.06. The third kappa shape index (κ3) is 4.06. The van der Waals surface area contributed by atoms with Crippen molar-refractivity contribution in [2.24, 2.45) is 5.41 Å². The summed E-state index contributed by atoms with van der Waals surface area (Å²) in [6, 6.07) is 11.1. The molecular weight excluding hydrogens is 417 g/mol. The van der Waals surface area contributed by atoms with Crippen molar-refractivity contribution in [3.63, 3.8) is 0 Å². The second-order valence-corrected chi connectivity index (χ2v) is 9.65. The van der Waals surface area contributed by atoms with Gasteiger partial charge < -0.3 is 9.47 Å². The molecule has 1 spiro atoms. The van der Waals surface area contributed by atoms with E-state index < -0.39 is 5.41 Å². The molecule has 1 aromatic carbocycles. The fourth-order valence-electron chi connectivity index (χ4n) is 5.38. The smallest absolute Gasteiger partial charge is 0.231 e. The van der Waals surface area contributed by atoms with Crippen molar-refractivity contribution < 1.29 is 9.18 Å². The lowest BCUT2D eigenvalue weighted by Gasteiger charge is -2.28. The fourth-order valence-corrected chi connectivity index (χ4v) is 5.38. The van der Waals surface area contributed by atoms with Crippen LogP contribution in [0.1, 0.15) is 49.0 Å². The molecule has 2 saturated heterocycles. The molecule has 0 aliphatic carbocycles. The van der Waals surface area contributed by atoms with Gasteiger partial charge in [-0.25, -0.2) is 9.37 Å². The number of rotatable bonds is 6. The highest BCUT2D eigenvalue weighted by Gasteiger charge is 2.57. The number of carbonyl (C=O) groups is 1. The van der Waals surface area contributed by atoms with E-state index in [0.717, 1.165) is 17.7 Å². The summed E-state index contributed by atoms with van der Waals surface area (Å²) >= 11 is 0. The first-order valence-electron chi connectivity index (χ1n) is 11.6. The number of hydrogen-bond acceptors (Lipinski definition) is 4. The van der Waals surface area contributed by atoms with Gasteiger partial charge in [0.1, 0.15) is 5.82 Å². The molecule has 2 aliphatic rings. The first-order chi connectivity index (χ1) is 16.0. The number of halogens is 1. The SMILES string of the molecule is CC(C)n1cnc([C@H]2CN(Cc3ccccc3F)C[C@@]23CCN(Cc2cccnc2)C3=O)c1. The highest BCUT2D eigenvalue weighted by molar-refractivity contribution is 5.86. The number of nitrogens with zero attached hydrogens (tertiary/aromatic N) is 5. The van der Waals surface area contributed by atoms with Gasteiger partial charge in [-0.1, -0.05) is 24.3 Å². The van der Waals surface area contributed by atoms with Gasteiger partial charge in [0.15, 0.2) is 0 Å². The minimum absolute atomic E-state index is 0.0179. The van der Waals surface area contributed by atoms with E-state index in [0.29, 0.717) is 44.3 Å². The standard InChI is InChI=1S/C26H30FN5O/c1-19(2)32-16-24(29-18-32)22-15-30(14-21-7-3-4-8-23(21)27)17-26(22)9-11-31(25(26)33)13-20-6-5-10-28-12-20/h3-8,10,12,16,18-19,22H,9,11,13-15,17H2,1-2H3/t22-,26+/m1/s1. The van der Waals surface area contributed by atoms with Crippen LogP contribution in [0.2, 0.25) is 0 Å². The van der Waals surface area contributed by atoms with Crippen LogP contribution in [0.25, 0.3) is 0 Å². The van der Waals surface area contributed by atoms with Crippen molar-refractivity contribution in [2.75, 3.05) is 19.6 Å². The molecule has 7 heteroatoms. The molecule has 172 valence electrons. The molecule has 6 nitrogen and oxygen atoms in total. The molecule has 3 aromatic rings. The lowest BCUT2D eigenvalue weighted by molar-refractivity contribution is -0.136. The van der Waals surface area contributed by atoms with Crippen LogP contribution in [0.5, 0.6) is 0 Å². The Balaban J connectivity index is 1.44. The second-order valence-electron chi connectivity index (χ2n) is 9.65. The molecule has 0 bridgehead atoms. The van der Waals surface area contributed by atoms with Crippen molar-refractivity contribution in [2.45, 2.75) is 45.3 Å². The third-order valence-corrected chi connectivity index (χ3v) is 7.18. The van der Waals surface area contributed by atoms with E-state index in [-0.39, 0.29) is 17.6 Å². The minimum Gasteiger partial charge on any atom is -0.338 e. The monoisotopic (exact) mass is 447 g/mol. The maximum Gasteiger partial charge on any atom is 0.231 e. The number of benzene rings is 1. The van der Waals surface area contributed by atoms with Crippen LogP contribution in [0.3, 0.4) is 0 Å². The zero-order valence-electron chi connectivity index (χ0n) is 19.2. The van der Waals surface area contributed by atoms with Crippen molar-refractivity contribution in [3.8, 4) is 0 Å². The van der Waals surface area contributed by atoms with E-state index in [1.165, 1.54) is 6.07 Å². The number of carbonyl (C=O) groups excluding carboxylic acids is 1. The maximum absolute atomic E-state index is 14.4. The number of pyridine rings is 1. The lowest BCUT2D eigenvalue weighted by Crippen LogP contribution is -2.39. The van der Waals surface area contributed by atoms with E-state index in [1.54, 1.807) is 12.3 Å². The van der Waals surface area contributed by atoms with Crippen LogP contribution < -0.4 is 0 Å². The summed E-state index contributed by atoms with van der Waals surface area (Å²) < 4.78 is 16.5. The Morgan fingerprint density at radius 1 is 1.18 bits per heavy atom. The second kappa shape index (κ2) is 8.71. The Labute approximate surface area is 194 Å². The van der Waals surface area contributed by atoms with Crippen molar-refractivity contribution >= 4 is 5.91 Å². The molecule has 2 aliphatic heterocycles. The largest absolute Gasteiger partial charge is 0.338 e. The number of hydrogen-bond donors (Lipinski definition) is 0. The van der Waals surface area contributed by atoms with Crippen molar-refractivity contribution in [1.29, 1.82) is 0 Å². The molecule has 33 heavy (non-hydrogen) atoms. The van der Waals surface area contributed by atoms with E-state index >= 15 is 0 Å². The molecule has 0 radical (unpaired) electrons. The summed E-state index contributed by atoms with van der Waals surface area (Å²) in [4.78, 5) is 27.0. The number of amides is 1. The Kier molecular flexibility index (Phi) is 5.74. The summed E-state index contributed by atoms with van der Waals surface area (Å²) in [5, 5.41) is 0. The predicted molar refractivity (Wildman–Crippen MR) is 124 cm³/mol. The Bertz CT molecular complexity index is 1130. The molecule has 4 heterocycles. The van der Waals surface area contributed by atoms with E-state index in [1.807, 2.05) is 41.7 Å². The number of likely N-dealkylation sites (tertiary alicyclic amines) is 2.